The molecule has 0 saturated carbocycles. The Labute approximate surface area is 165 Å². The number of aliphatic hydroxyl groups excluding tert-OH is 1. The highest BCUT2D eigenvalue weighted by Crippen LogP contribution is 2.37. The number of aliphatic hydroxyl groups is 1. The lowest BCUT2D eigenvalue weighted by Gasteiger charge is -2.33. The van der Waals surface area contributed by atoms with Crippen LogP contribution in [0.2, 0.25) is 0 Å². The fourth-order valence-corrected chi connectivity index (χ4v) is 3.43. The van der Waals surface area contributed by atoms with Crippen molar-refractivity contribution < 1.29 is 33.7 Å². The van der Waals surface area contributed by atoms with E-state index in [0.29, 0.717) is 36.7 Å². The molecule has 1 aliphatic carbocycles. The van der Waals surface area contributed by atoms with E-state index in [1.807, 2.05) is 6.92 Å². The van der Waals surface area contributed by atoms with E-state index in [1.165, 1.54) is 7.11 Å². The van der Waals surface area contributed by atoms with Crippen molar-refractivity contribution in [2.45, 2.75) is 51.4 Å². The number of hydrogen-bond donors (Lipinski definition) is 1. The van der Waals surface area contributed by atoms with Crippen LogP contribution < -0.4 is 0 Å². The third kappa shape index (κ3) is 4.59. The lowest BCUT2D eigenvalue weighted by Crippen LogP contribution is -2.44. The summed E-state index contributed by atoms with van der Waals surface area (Å²) in [6.45, 7) is 7.22. The number of esters is 2. The van der Waals surface area contributed by atoms with Gasteiger partial charge >= 0.3 is 11.9 Å². The second-order valence-electron chi connectivity index (χ2n) is 7.13. The zero-order valence-corrected chi connectivity index (χ0v) is 16.6. The van der Waals surface area contributed by atoms with Crippen LogP contribution in [0.5, 0.6) is 0 Å². The van der Waals surface area contributed by atoms with Gasteiger partial charge in [-0.25, -0.2) is 4.79 Å². The molecule has 1 aliphatic heterocycles. The van der Waals surface area contributed by atoms with Crippen LogP contribution in [0.25, 0.3) is 0 Å². The molecule has 0 aromatic rings. The molecule has 28 heavy (non-hydrogen) atoms. The average Bonchev–Trinajstić information content (AvgIpc) is 2.97. The summed E-state index contributed by atoms with van der Waals surface area (Å²) in [7, 11) is 1.42. The van der Waals surface area contributed by atoms with Gasteiger partial charge in [-0.1, -0.05) is 26.5 Å². The van der Waals surface area contributed by atoms with Crippen LogP contribution in [-0.2, 0) is 28.6 Å². The predicted octanol–water partition coefficient (Wildman–Crippen LogP) is 1.89. The molecule has 2 rings (SSSR count). The highest BCUT2D eigenvalue weighted by atomic mass is 16.6. The predicted molar refractivity (Wildman–Crippen MR) is 101 cm³/mol. The minimum absolute atomic E-state index is 0.147. The molecule has 0 bridgehead atoms. The minimum Gasteiger partial charge on any atom is -0.458 e. The van der Waals surface area contributed by atoms with E-state index in [0.717, 1.165) is 0 Å². The van der Waals surface area contributed by atoms with Crippen molar-refractivity contribution >= 4 is 18.2 Å². The fraction of sp³-hybridized carbons (Fsp3) is 0.571. The fourth-order valence-electron chi connectivity index (χ4n) is 3.43. The number of fused-ring (bicyclic) bond motifs is 1. The van der Waals surface area contributed by atoms with Crippen LogP contribution in [0.1, 0.15) is 33.1 Å². The smallest absolute Gasteiger partial charge is 0.334 e. The summed E-state index contributed by atoms with van der Waals surface area (Å²) >= 11 is 0. The lowest BCUT2D eigenvalue weighted by atomic mass is 9.83. The monoisotopic (exact) mass is 392 g/mol. The zero-order valence-electron chi connectivity index (χ0n) is 16.6. The van der Waals surface area contributed by atoms with Crippen molar-refractivity contribution in [3.8, 4) is 0 Å². The van der Waals surface area contributed by atoms with Crippen LogP contribution >= 0.6 is 0 Å². The number of carbonyl (C=O) groups is 3. The Kier molecular flexibility index (Phi) is 7.71. The highest BCUT2D eigenvalue weighted by Gasteiger charge is 2.48. The van der Waals surface area contributed by atoms with E-state index in [1.54, 1.807) is 19.1 Å². The summed E-state index contributed by atoms with van der Waals surface area (Å²) in [5.74, 6) is -2.13. The number of rotatable bonds is 6. The molecule has 0 aromatic carbocycles. The summed E-state index contributed by atoms with van der Waals surface area (Å²) in [6.07, 6.45) is 3.01. The van der Waals surface area contributed by atoms with Gasteiger partial charge in [0.1, 0.15) is 24.6 Å². The SMILES string of the molecule is C=C1C(=O)O[C@@H]2/C=C(/CO)CC/C=C(/C=O)[C@H](OC)[C@H](OC(=O)[C@@H](C)CC)[C@@H]12. The number of aldehydes is 1. The van der Waals surface area contributed by atoms with Crippen molar-refractivity contribution in [3.05, 3.63) is 35.5 Å². The molecule has 1 saturated heterocycles. The summed E-state index contributed by atoms with van der Waals surface area (Å²) in [6, 6.07) is 0. The molecule has 2 aliphatic rings. The molecule has 5 atom stereocenters. The van der Waals surface area contributed by atoms with Gasteiger partial charge in [0.05, 0.1) is 18.4 Å². The third-order valence-electron chi connectivity index (χ3n) is 5.35. The highest BCUT2D eigenvalue weighted by molar-refractivity contribution is 5.91. The average molecular weight is 392 g/mol. The van der Waals surface area contributed by atoms with Gasteiger partial charge in [0.15, 0.2) is 0 Å². The first-order valence-corrected chi connectivity index (χ1v) is 9.46. The molecule has 1 N–H and O–H groups in total. The quantitative estimate of drug-likeness (QED) is 0.319. The molecular weight excluding hydrogens is 364 g/mol. The van der Waals surface area contributed by atoms with E-state index in [9.17, 15) is 19.5 Å². The van der Waals surface area contributed by atoms with E-state index in [-0.39, 0.29) is 18.1 Å². The molecule has 7 heteroatoms. The Morgan fingerprint density at radius 1 is 1.50 bits per heavy atom. The largest absolute Gasteiger partial charge is 0.458 e. The number of carbonyl (C=O) groups excluding carboxylic acids is 3. The standard InChI is InChI=1S/C21H28O7/c1-5-12(2)20(24)28-19-17-13(3)21(25)27-16(17)9-14(10-22)7-6-8-15(11-23)18(19)26-4/h8-9,11-12,16-19,22H,3,5-7,10H2,1-2,4H3/b14-9+,15-8-/t12-,16+,17-,18-,19+/m0/s1. The first kappa shape index (κ1) is 22.0. The lowest BCUT2D eigenvalue weighted by molar-refractivity contribution is -0.164. The molecule has 0 spiro atoms. The van der Waals surface area contributed by atoms with Crippen molar-refractivity contribution in [3.63, 3.8) is 0 Å². The zero-order chi connectivity index (χ0) is 20.8. The van der Waals surface area contributed by atoms with Gasteiger partial charge in [-0.3, -0.25) is 9.59 Å². The maximum Gasteiger partial charge on any atom is 0.334 e. The molecule has 1 heterocycles. The molecule has 7 nitrogen and oxygen atoms in total. The van der Waals surface area contributed by atoms with Crippen LogP contribution in [-0.4, -0.2) is 55.4 Å². The summed E-state index contributed by atoms with van der Waals surface area (Å²) < 4.78 is 16.7. The minimum atomic E-state index is -0.971. The Morgan fingerprint density at radius 3 is 2.79 bits per heavy atom. The number of ether oxygens (including phenoxy) is 3. The maximum atomic E-state index is 12.6. The first-order valence-electron chi connectivity index (χ1n) is 9.46. The van der Waals surface area contributed by atoms with E-state index >= 15 is 0 Å². The summed E-state index contributed by atoms with van der Waals surface area (Å²) in [4.78, 5) is 36.5. The van der Waals surface area contributed by atoms with Gasteiger partial charge in [-0.2, -0.15) is 0 Å². The van der Waals surface area contributed by atoms with Crippen molar-refractivity contribution in [2.75, 3.05) is 13.7 Å². The Hall–Kier alpha value is -2.25. The molecule has 0 unspecified atom stereocenters. The van der Waals surface area contributed by atoms with Gasteiger partial charge < -0.3 is 19.3 Å². The summed E-state index contributed by atoms with van der Waals surface area (Å²) in [5.41, 5.74) is 1.13. The van der Waals surface area contributed by atoms with Gasteiger partial charge in [0, 0.05) is 18.3 Å². The first-order chi connectivity index (χ1) is 13.4. The van der Waals surface area contributed by atoms with Crippen molar-refractivity contribution in [1.82, 2.24) is 0 Å². The Morgan fingerprint density at radius 2 is 2.21 bits per heavy atom. The van der Waals surface area contributed by atoms with Crippen molar-refractivity contribution in [2.24, 2.45) is 11.8 Å². The maximum absolute atomic E-state index is 12.6. The molecule has 0 radical (unpaired) electrons. The van der Waals surface area contributed by atoms with Crippen LogP contribution in [0.4, 0.5) is 0 Å². The molecule has 0 amide bonds. The Balaban J connectivity index is 2.56. The normalized spacial score (nSPS) is 32.9. The van der Waals surface area contributed by atoms with E-state index < -0.39 is 36.2 Å². The molecule has 1 fully saturated rings. The van der Waals surface area contributed by atoms with Gasteiger partial charge in [-0.15, -0.1) is 0 Å². The van der Waals surface area contributed by atoms with Crippen LogP contribution in [0, 0.1) is 11.8 Å². The number of methoxy groups -OCH3 is 1. The summed E-state index contributed by atoms with van der Waals surface area (Å²) in [5, 5.41) is 9.63. The van der Waals surface area contributed by atoms with Crippen molar-refractivity contribution in [1.29, 1.82) is 0 Å². The molecular formula is C21H28O7. The second-order valence-corrected chi connectivity index (χ2v) is 7.13. The number of hydrogen-bond acceptors (Lipinski definition) is 7. The molecule has 0 aromatic heterocycles. The van der Waals surface area contributed by atoms with Gasteiger partial charge in [0.2, 0.25) is 0 Å². The van der Waals surface area contributed by atoms with Gasteiger partial charge in [-0.05, 0) is 30.9 Å². The van der Waals surface area contributed by atoms with Crippen LogP contribution in [0.3, 0.4) is 0 Å². The van der Waals surface area contributed by atoms with E-state index in [2.05, 4.69) is 6.58 Å². The topological polar surface area (TPSA) is 99.1 Å². The number of allylic oxidation sites excluding steroid dienone is 1. The second kappa shape index (κ2) is 9.80. The molecule has 154 valence electrons. The third-order valence-corrected chi connectivity index (χ3v) is 5.35. The van der Waals surface area contributed by atoms with Gasteiger partial charge in [0.25, 0.3) is 0 Å². The van der Waals surface area contributed by atoms with Crippen LogP contribution in [0.15, 0.2) is 35.5 Å². The van der Waals surface area contributed by atoms with E-state index in [4.69, 9.17) is 14.2 Å². The Bertz CT molecular complexity index is 691.